The fraction of sp³-hybridized carbons (Fsp3) is 0.429. The number of carbonyl (C=O) groups is 10. The van der Waals surface area contributed by atoms with E-state index in [0.29, 0.717) is 23.2 Å². The van der Waals surface area contributed by atoms with Gasteiger partial charge in [0.1, 0.15) is 42.8 Å². The maximum absolute atomic E-state index is 14.8. The molecular formula is C49H66N16O11. The summed E-state index contributed by atoms with van der Waals surface area (Å²) in [5, 5.41) is 27.6. The van der Waals surface area contributed by atoms with Gasteiger partial charge in [0.2, 0.25) is 53.2 Å². The molecule has 1 aliphatic rings. The zero-order chi connectivity index (χ0) is 55.3. The van der Waals surface area contributed by atoms with Gasteiger partial charge in [0.15, 0.2) is 5.96 Å². The predicted octanol–water partition coefficient (Wildman–Crippen LogP) is -3.68. The number of aliphatic imine (C=N–C) groups is 1. The Morgan fingerprint density at radius 2 is 1.38 bits per heavy atom. The Morgan fingerprint density at radius 1 is 0.737 bits per heavy atom. The fourth-order valence-electron chi connectivity index (χ4n) is 8.35. The lowest BCUT2D eigenvalue weighted by atomic mass is 10.0. The summed E-state index contributed by atoms with van der Waals surface area (Å²) in [5.41, 5.74) is 24.9. The SMILES string of the molecule is CC(N)C(=O)NC(Cc1c[nH]c2ccccc12)C(=O)NC(CCCN=C(N)N)C(=O)NC(Cc1cnc[nH]1)C(=O)N1CCCC1C(=O)NC(CCC(N)=O)C(=O)NC(Cc1ccccc1)C(=O)NCC(=O)NCC(=O)O. The number of likely N-dealkylation sites (tertiary alicyclic amines) is 1. The number of fused-ring (bicyclic) bond motifs is 1. The molecule has 7 atom stereocenters. The Labute approximate surface area is 436 Å². The van der Waals surface area contributed by atoms with Gasteiger partial charge in [0.05, 0.1) is 18.9 Å². The summed E-state index contributed by atoms with van der Waals surface area (Å²) in [5.74, 6) is -8.55. The molecule has 0 saturated carbocycles. The standard InChI is InChI=1S/C49H66N16O11/c1-27(50)42(70)62-36(20-29-22-56-32-12-6-5-11-31(29)32)46(74)60-33(13-7-17-55-49(52)53)44(72)64-37(21-30-23-54-26-59-30)48(76)65-18-8-14-38(65)47(75)61-34(15-16-39(51)66)45(73)63-35(19-28-9-3-2-4-10-28)43(71)58-24-40(67)57-25-41(68)69/h2-6,9-12,22-23,26-27,33-38,56H,7-8,13-21,24-25,50H2,1H3,(H2,51,66)(H,54,59)(H,57,67)(H,58,71)(H,60,74)(H,61,75)(H,62,70)(H,63,73)(H,64,72)(H,68,69)(H4,52,53,55). The highest BCUT2D eigenvalue weighted by atomic mass is 16.4. The molecule has 5 rings (SSSR count). The van der Waals surface area contributed by atoms with E-state index in [-0.39, 0.29) is 70.4 Å². The van der Waals surface area contributed by atoms with Gasteiger partial charge in [-0.2, -0.15) is 0 Å². The summed E-state index contributed by atoms with van der Waals surface area (Å²) >= 11 is 0. The quantitative estimate of drug-likeness (QED) is 0.0142. The lowest BCUT2D eigenvalue weighted by Crippen LogP contribution is -2.60. The zero-order valence-corrected chi connectivity index (χ0v) is 41.8. The number of amides is 9. The molecule has 0 bridgehead atoms. The minimum atomic E-state index is -1.48. The number of aromatic amines is 2. The van der Waals surface area contributed by atoms with Crippen molar-refractivity contribution in [2.75, 3.05) is 26.2 Å². The number of rotatable bonds is 29. The highest BCUT2D eigenvalue weighted by Gasteiger charge is 2.40. The molecule has 4 aromatic rings. The van der Waals surface area contributed by atoms with Gasteiger partial charge in [-0.1, -0.05) is 48.5 Å². The number of para-hydroxylation sites is 1. The van der Waals surface area contributed by atoms with Crippen LogP contribution in [0.2, 0.25) is 0 Å². The first-order chi connectivity index (χ1) is 36.3. The van der Waals surface area contributed by atoms with Crippen LogP contribution in [0.5, 0.6) is 0 Å². The van der Waals surface area contributed by atoms with Crippen LogP contribution in [0.25, 0.3) is 10.9 Å². The summed E-state index contributed by atoms with van der Waals surface area (Å²) < 4.78 is 0. The predicted molar refractivity (Wildman–Crippen MR) is 274 cm³/mol. The number of nitrogens with zero attached hydrogens (tertiary/aromatic N) is 3. The van der Waals surface area contributed by atoms with Crippen molar-refractivity contribution in [3.63, 3.8) is 0 Å². The molecule has 27 heteroatoms. The Hall–Kier alpha value is -8.88. The van der Waals surface area contributed by atoms with E-state index in [1.165, 1.54) is 24.3 Å². The number of carboxylic acid groups (broad SMARTS) is 1. The van der Waals surface area contributed by atoms with Gasteiger partial charge in [-0.3, -0.25) is 52.9 Å². The molecule has 1 saturated heterocycles. The molecule has 0 radical (unpaired) electrons. The van der Waals surface area contributed by atoms with Crippen molar-refractivity contribution in [2.24, 2.45) is 27.9 Å². The van der Waals surface area contributed by atoms with Crippen molar-refractivity contribution in [3.8, 4) is 0 Å². The summed E-state index contributed by atoms with van der Waals surface area (Å²) in [6.07, 6.45) is 4.14. The zero-order valence-electron chi connectivity index (χ0n) is 41.8. The molecule has 1 aliphatic heterocycles. The molecule has 18 N–H and O–H groups in total. The second-order valence-electron chi connectivity index (χ2n) is 18.2. The van der Waals surface area contributed by atoms with Gasteiger partial charge < -0.3 is 80.1 Å². The van der Waals surface area contributed by atoms with E-state index in [1.807, 2.05) is 24.3 Å². The first kappa shape index (κ1) is 58.0. The fourth-order valence-corrected chi connectivity index (χ4v) is 8.35. The second kappa shape index (κ2) is 28.5. The summed E-state index contributed by atoms with van der Waals surface area (Å²) in [7, 11) is 0. The Morgan fingerprint density at radius 3 is 2.05 bits per heavy atom. The van der Waals surface area contributed by atoms with Gasteiger partial charge in [0.25, 0.3) is 0 Å². The average Bonchev–Trinajstić information content (AvgIpc) is 4.19. The van der Waals surface area contributed by atoms with Gasteiger partial charge in [-0.25, -0.2) is 4.98 Å². The van der Waals surface area contributed by atoms with Crippen LogP contribution in [0.15, 0.2) is 78.3 Å². The summed E-state index contributed by atoms with van der Waals surface area (Å²) in [6.45, 7) is 0.238. The molecule has 9 amide bonds. The van der Waals surface area contributed by atoms with E-state index in [9.17, 15) is 47.9 Å². The van der Waals surface area contributed by atoms with Crippen molar-refractivity contribution >= 4 is 76.0 Å². The van der Waals surface area contributed by atoms with Crippen LogP contribution in [0.1, 0.15) is 62.3 Å². The van der Waals surface area contributed by atoms with Gasteiger partial charge >= 0.3 is 5.97 Å². The Kier molecular flexibility index (Phi) is 21.8. The molecular weight excluding hydrogens is 989 g/mol. The lowest BCUT2D eigenvalue weighted by molar-refractivity contribution is -0.142. The topological polar surface area (TPSA) is 439 Å². The number of primary amides is 1. The van der Waals surface area contributed by atoms with E-state index in [2.05, 4.69) is 57.2 Å². The van der Waals surface area contributed by atoms with Crippen LogP contribution in [0.4, 0.5) is 0 Å². The second-order valence-corrected chi connectivity index (χ2v) is 18.2. The maximum atomic E-state index is 14.8. The Balaban J connectivity index is 1.36. The smallest absolute Gasteiger partial charge is 0.322 e. The van der Waals surface area contributed by atoms with Crippen molar-refractivity contribution in [3.05, 3.63) is 90.1 Å². The molecule has 0 spiro atoms. The number of guanidine groups is 1. The number of H-pyrrole nitrogens is 2. The Bertz CT molecular complexity index is 2710. The molecule has 2 aromatic heterocycles. The van der Waals surface area contributed by atoms with E-state index in [0.717, 1.165) is 10.9 Å². The minimum absolute atomic E-state index is 0.00228. The average molecular weight is 1060 g/mol. The van der Waals surface area contributed by atoms with Gasteiger partial charge in [0, 0.05) is 67.8 Å². The third-order valence-electron chi connectivity index (χ3n) is 12.2. The number of aliphatic carboxylic acids is 1. The lowest BCUT2D eigenvalue weighted by Gasteiger charge is -2.31. The van der Waals surface area contributed by atoms with Gasteiger partial charge in [-0.05, 0) is 56.2 Å². The van der Waals surface area contributed by atoms with E-state index in [1.54, 1.807) is 36.5 Å². The van der Waals surface area contributed by atoms with Gasteiger partial charge in [-0.15, -0.1) is 0 Å². The van der Waals surface area contributed by atoms with Crippen molar-refractivity contribution in [2.45, 2.75) is 107 Å². The number of aromatic nitrogens is 3. The minimum Gasteiger partial charge on any atom is -0.480 e. The van der Waals surface area contributed by atoms with E-state index in [4.69, 9.17) is 28.0 Å². The molecule has 1 fully saturated rings. The molecule has 2 aromatic carbocycles. The number of nitrogens with one attached hydrogen (secondary N) is 9. The van der Waals surface area contributed by atoms with E-state index < -0.39 is 115 Å². The van der Waals surface area contributed by atoms with Crippen LogP contribution in [0.3, 0.4) is 0 Å². The normalized spacial score (nSPS) is 15.3. The van der Waals surface area contributed by atoms with Crippen molar-refractivity contribution < 1.29 is 53.1 Å². The number of hydrogen-bond donors (Lipinski definition) is 14. The van der Waals surface area contributed by atoms with Crippen LogP contribution >= 0.6 is 0 Å². The molecule has 3 heterocycles. The number of carbonyl (C=O) groups excluding carboxylic acids is 9. The van der Waals surface area contributed by atoms with Crippen LogP contribution in [-0.2, 0) is 67.2 Å². The van der Waals surface area contributed by atoms with Crippen LogP contribution in [0, 0.1) is 0 Å². The molecule has 76 heavy (non-hydrogen) atoms. The number of nitrogens with two attached hydrogens (primary N) is 4. The van der Waals surface area contributed by atoms with Crippen LogP contribution in [-0.4, -0.2) is 159 Å². The number of benzene rings is 2. The largest absolute Gasteiger partial charge is 0.480 e. The molecule has 27 nitrogen and oxygen atoms in total. The molecule has 408 valence electrons. The highest BCUT2D eigenvalue weighted by Crippen LogP contribution is 2.22. The monoisotopic (exact) mass is 1050 g/mol. The number of hydrogen-bond acceptors (Lipinski definition) is 13. The van der Waals surface area contributed by atoms with Crippen LogP contribution < -0.4 is 60.2 Å². The third kappa shape index (κ3) is 18.0. The first-order valence-corrected chi connectivity index (χ1v) is 24.5. The third-order valence-corrected chi connectivity index (χ3v) is 12.2. The highest BCUT2D eigenvalue weighted by molar-refractivity contribution is 5.98. The molecule has 7 unspecified atom stereocenters. The van der Waals surface area contributed by atoms with E-state index >= 15 is 0 Å². The van der Waals surface area contributed by atoms with Crippen molar-refractivity contribution in [1.29, 1.82) is 0 Å². The molecule has 0 aliphatic carbocycles. The number of carboxylic acids is 1. The maximum Gasteiger partial charge on any atom is 0.322 e. The first-order valence-electron chi connectivity index (χ1n) is 24.5. The van der Waals surface area contributed by atoms with Crippen molar-refractivity contribution in [1.82, 2.24) is 57.1 Å². The summed E-state index contributed by atoms with van der Waals surface area (Å²) in [4.78, 5) is 149. The summed E-state index contributed by atoms with van der Waals surface area (Å²) in [6, 6.07) is 6.91. The number of imidazole rings is 1.